The van der Waals surface area contributed by atoms with E-state index in [0.29, 0.717) is 48.4 Å². The second kappa shape index (κ2) is 12.0. The number of carbonyl (C=O) groups excluding carboxylic acids is 1. The van der Waals surface area contributed by atoms with Gasteiger partial charge >= 0.3 is 6.09 Å². The van der Waals surface area contributed by atoms with Gasteiger partial charge in [0.05, 0.1) is 27.0 Å². The SMILES string of the molecule is COc1cc(C=NN2CCCCC2OC(=O)Nc2ccc(OC)c(OCC(C)C)c2)ccc1O. The number of hydrazone groups is 1. The van der Waals surface area contributed by atoms with Crippen LogP contribution in [0.3, 0.4) is 0 Å². The van der Waals surface area contributed by atoms with E-state index in [4.69, 9.17) is 18.9 Å². The van der Waals surface area contributed by atoms with Crippen LogP contribution >= 0.6 is 0 Å². The van der Waals surface area contributed by atoms with Gasteiger partial charge in [0.1, 0.15) is 0 Å². The van der Waals surface area contributed by atoms with Crippen LogP contribution in [0.4, 0.5) is 10.5 Å². The number of benzene rings is 2. The van der Waals surface area contributed by atoms with Crippen LogP contribution in [-0.4, -0.2) is 56.0 Å². The van der Waals surface area contributed by atoms with E-state index in [0.717, 1.165) is 18.4 Å². The summed E-state index contributed by atoms with van der Waals surface area (Å²) in [6, 6.07) is 10.2. The minimum Gasteiger partial charge on any atom is -0.504 e. The standard InChI is InChI=1S/C25H33N3O6/c1-17(2)16-33-23-14-19(9-11-21(23)31-3)27-25(30)34-24-7-5-6-12-28(24)26-15-18-8-10-20(29)22(13-18)32-4/h8-11,13-15,17,24,29H,5-7,12,16H2,1-4H3,(H,27,30). The molecule has 0 saturated carbocycles. The lowest BCUT2D eigenvalue weighted by molar-refractivity contribution is -0.0297. The molecule has 1 aliphatic heterocycles. The van der Waals surface area contributed by atoms with Gasteiger partial charge in [-0.3, -0.25) is 10.3 Å². The average molecular weight is 472 g/mol. The van der Waals surface area contributed by atoms with Crippen LogP contribution in [0, 0.1) is 5.92 Å². The number of aromatic hydroxyl groups is 1. The number of anilines is 1. The van der Waals surface area contributed by atoms with E-state index >= 15 is 0 Å². The molecule has 2 N–H and O–H groups in total. The number of phenols is 1. The maximum absolute atomic E-state index is 12.6. The number of ether oxygens (including phenoxy) is 4. The molecule has 1 aliphatic rings. The van der Waals surface area contributed by atoms with Crippen LogP contribution in [0.15, 0.2) is 41.5 Å². The van der Waals surface area contributed by atoms with Gasteiger partial charge in [-0.1, -0.05) is 13.8 Å². The highest BCUT2D eigenvalue weighted by Crippen LogP contribution is 2.31. The van der Waals surface area contributed by atoms with Crippen LogP contribution in [-0.2, 0) is 4.74 Å². The Morgan fingerprint density at radius 2 is 1.94 bits per heavy atom. The Morgan fingerprint density at radius 3 is 2.68 bits per heavy atom. The third kappa shape index (κ3) is 6.94. The van der Waals surface area contributed by atoms with E-state index in [1.165, 1.54) is 7.11 Å². The van der Waals surface area contributed by atoms with Crippen molar-refractivity contribution in [3.05, 3.63) is 42.0 Å². The first-order chi connectivity index (χ1) is 16.4. The van der Waals surface area contributed by atoms with E-state index in [2.05, 4.69) is 24.3 Å². The molecule has 34 heavy (non-hydrogen) atoms. The van der Waals surface area contributed by atoms with Crippen LogP contribution in [0.25, 0.3) is 0 Å². The van der Waals surface area contributed by atoms with Gasteiger partial charge in [-0.05, 0) is 54.7 Å². The number of methoxy groups -OCH3 is 2. The smallest absolute Gasteiger partial charge is 0.413 e. The fraction of sp³-hybridized carbons (Fsp3) is 0.440. The van der Waals surface area contributed by atoms with Crippen LogP contribution in [0.5, 0.6) is 23.0 Å². The lowest BCUT2D eigenvalue weighted by atomic mass is 10.1. The Kier molecular flexibility index (Phi) is 8.84. The van der Waals surface area contributed by atoms with Gasteiger partial charge in [0, 0.05) is 24.7 Å². The van der Waals surface area contributed by atoms with Gasteiger partial charge < -0.3 is 24.1 Å². The van der Waals surface area contributed by atoms with Crippen LogP contribution in [0.1, 0.15) is 38.7 Å². The van der Waals surface area contributed by atoms with Gasteiger partial charge in [-0.15, -0.1) is 0 Å². The molecule has 1 atom stereocenters. The number of phenolic OH excluding ortho intramolecular Hbond substituents is 1. The molecule has 1 amide bonds. The normalized spacial score (nSPS) is 15.9. The number of nitrogens with one attached hydrogen (secondary N) is 1. The van der Waals surface area contributed by atoms with Crippen molar-refractivity contribution in [2.45, 2.75) is 39.3 Å². The Bertz CT molecular complexity index is 995. The van der Waals surface area contributed by atoms with Crippen molar-refractivity contribution in [2.75, 3.05) is 32.7 Å². The predicted molar refractivity (Wildman–Crippen MR) is 130 cm³/mol. The monoisotopic (exact) mass is 471 g/mol. The second-order valence-electron chi connectivity index (χ2n) is 8.39. The fourth-order valence-electron chi connectivity index (χ4n) is 3.45. The lowest BCUT2D eigenvalue weighted by Gasteiger charge is -2.32. The van der Waals surface area contributed by atoms with Gasteiger partial charge in [0.2, 0.25) is 0 Å². The molecule has 0 spiro atoms. The van der Waals surface area contributed by atoms with Crippen LogP contribution in [0.2, 0.25) is 0 Å². The number of amides is 1. The quantitative estimate of drug-likeness (QED) is 0.505. The highest BCUT2D eigenvalue weighted by molar-refractivity contribution is 5.85. The summed E-state index contributed by atoms with van der Waals surface area (Å²) >= 11 is 0. The summed E-state index contributed by atoms with van der Waals surface area (Å²) in [6.45, 7) is 5.32. The van der Waals surface area contributed by atoms with Gasteiger partial charge in [-0.2, -0.15) is 5.10 Å². The van der Waals surface area contributed by atoms with E-state index < -0.39 is 12.3 Å². The topological polar surface area (TPSA) is 102 Å². The largest absolute Gasteiger partial charge is 0.504 e. The van der Waals surface area contributed by atoms with Crippen molar-refractivity contribution >= 4 is 18.0 Å². The lowest BCUT2D eigenvalue weighted by Crippen LogP contribution is -2.40. The summed E-state index contributed by atoms with van der Waals surface area (Å²) < 4.78 is 22.0. The molecule has 0 aliphatic carbocycles. The number of rotatable bonds is 9. The molecule has 0 radical (unpaired) electrons. The number of nitrogens with zero attached hydrogens (tertiary/aromatic N) is 2. The summed E-state index contributed by atoms with van der Waals surface area (Å²) in [5, 5.41) is 18.8. The summed E-state index contributed by atoms with van der Waals surface area (Å²) in [7, 11) is 3.07. The molecule has 9 heteroatoms. The van der Waals surface area contributed by atoms with E-state index in [1.807, 2.05) is 0 Å². The van der Waals surface area contributed by atoms with Crippen LogP contribution < -0.4 is 19.5 Å². The molecule has 1 fully saturated rings. The highest BCUT2D eigenvalue weighted by atomic mass is 16.6. The van der Waals surface area contributed by atoms with Crippen molar-refractivity contribution in [3.63, 3.8) is 0 Å². The fourth-order valence-corrected chi connectivity index (χ4v) is 3.45. The molecule has 2 aromatic rings. The first kappa shape index (κ1) is 25.0. The molecule has 1 unspecified atom stereocenters. The molecule has 1 saturated heterocycles. The van der Waals surface area contributed by atoms with Crippen molar-refractivity contribution in [1.29, 1.82) is 0 Å². The summed E-state index contributed by atoms with van der Waals surface area (Å²) in [4.78, 5) is 12.6. The molecule has 0 bridgehead atoms. The second-order valence-corrected chi connectivity index (χ2v) is 8.39. The number of carbonyl (C=O) groups is 1. The third-order valence-corrected chi connectivity index (χ3v) is 5.20. The predicted octanol–water partition coefficient (Wildman–Crippen LogP) is 4.84. The maximum atomic E-state index is 12.6. The first-order valence-corrected chi connectivity index (χ1v) is 11.4. The Hall–Kier alpha value is -3.62. The Balaban J connectivity index is 1.64. The van der Waals surface area contributed by atoms with Gasteiger partial charge in [0.15, 0.2) is 29.2 Å². The summed E-state index contributed by atoms with van der Waals surface area (Å²) in [6.07, 6.45) is 3.16. The zero-order valence-corrected chi connectivity index (χ0v) is 20.1. The van der Waals surface area contributed by atoms with Crippen molar-refractivity contribution in [2.24, 2.45) is 11.0 Å². The van der Waals surface area contributed by atoms with Crippen molar-refractivity contribution < 1.29 is 28.8 Å². The molecular formula is C25H33N3O6. The average Bonchev–Trinajstić information content (AvgIpc) is 2.83. The number of piperidine rings is 1. The van der Waals surface area contributed by atoms with Gasteiger partial charge in [0.25, 0.3) is 0 Å². The highest BCUT2D eigenvalue weighted by Gasteiger charge is 2.25. The molecule has 0 aromatic heterocycles. The molecule has 184 valence electrons. The summed E-state index contributed by atoms with van der Waals surface area (Å²) in [5.74, 6) is 1.94. The zero-order valence-electron chi connectivity index (χ0n) is 20.1. The third-order valence-electron chi connectivity index (χ3n) is 5.20. The van der Waals surface area contributed by atoms with E-state index in [9.17, 15) is 9.90 Å². The molecule has 3 rings (SSSR count). The Morgan fingerprint density at radius 1 is 1.15 bits per heavy atom. The molecule has 9 nitrogen and oxygen atoms in total. The molecular weight excluding hydrogens is 438 g/mol. The number of hydrogen-bond acceptors (Lipinski definition) is 8. The van der Waals surface area contributed by atoms with Crippen molar-refractivity contribution in [3.8, 4) is 23.0 Å². The van der Waals surface area contributed by atoms with Gasteiger partial charge in [-0.25, -0.2) is 4.79 Å². The van der Waals surface area contributed by atoms with E-state index in [-0.39, 0.29) is 5.75 Å². The minimum atomic E-state index is -0.571. The summed E-state index contributed by atoms with van der Waals surface area (Å²) in [5.41, 5.74) is 1.31. The zero-order chi connectivity index (χ0) is 24.5. The number of hydrogen-bond donors (Lipinski definition) is 2. The Labute approximate surface area is 200 Å². The van der Waals surface area contributed by atoms with Crippen molar-refractivity contribution in [1.82, 2.24) is 5.01 Å². The maximum Gasteiger partial charge on any atom is 0.413 e. The first-order valence-electron chi connectivity index (χ1n) is 11.4. The molecule has 2 aromatic carbocycles. The van der Waals surface area contributed by atoms with E-state index in [1.54, 1.807) is 54.7 Å². The minimum absolute atomic E-state index is 0.0619. The molecule has 1 heterocycles.